The van der Waals surface area contributed by atoms with E-state index in [9.17, 15) is 4.79 Å². The number of carbonyl (C=O) groups is 1. The van der Waals surface area contributed by atoms with E-state index in [1.165, 1.54) is 0 Å². The van der Waals surface area contributed by atoms with E-state index < -0.39 is 5.41 Å². The summed E-state index contributed by atoms with van der Waals surface area (Å²) in [6.07, 6.45) is 0.371. The van der Waals surface area contributed by atoms with Crippen molar-refractivity contribution in [3.05, 3.63) is 36.4 Å². The Morgan fingerprint density at radius 2 is 1.43 bits per heavy atom. The van der Waals surface area contributed by atoms with Crippen LogP contribution in [-0.2, 0) is 9.53 Å². The Balaban J connectivity index is 2.42. The first-order valence-corrected chi connectivity index (χ1v) is 10.8. The lowest BCUT2D eigenvalue weighted by molar-refractivity contribution is -0.154. The summed E-state index contributed by atoms with van der Waals surface area (Å²) in [4.78, 5) is 13.5. The molecule has 0 aromatic heterocycles. The van der Waals surface area contributed by atoms with Gasteiger partial charge in [-0.05, 0) is 50.2 Å². The Morgan fingerprint density at radius 3 is 1.93 bits per heavy atom. The zero-order valence-electron chi connectivity index (χ0n) is 20.1. The lowest BCUT2D eigenvalue weighted by Gasteiger charge is -2.43. The Labute approximate surface area is 181 Å². The number of fused-ring (bicyclic) bond motifs is 1. The third-order valence-corrected chi connectivity index (χ3v) is 5.73. The van der Waals surface area contributed by atoms with Gasteiger partial charge in [0.05, 0.1) is 5.41 Å². The van der Waals surface area contributed by atoms with Gasteiger partial charge in [0.15, 0.2) is 6.29 Å². The van der Waals surface area contributed by atoms with Crippen LogP contribution < -0.4 is 9.47 Å². The fourth-order valence-corrected chi connectivity index (χ4v) is 3.81. The van der Waals surface area contributed by atoms with Gasteiger partial charge < -0.3 is 14.2 Å². The first kappa shape index (κ1) is 24.2. The average molecular weight is 415 g/mol. The molecule has 2 aromatic carbocycles. The van der Waals surface area contributed by atoms with Crippen molar-refractivity contribution < 1.29 is 19.0 Å². The molecular weight excluding hydrogens is 376 g/mol. The van der Waals surface area contributed by atoms with Gasteiger partial charge in [0, 0.05) is 17.4 Å². The van der Waals surface area contributed by atoms with Crippen LogP contribution >= 0.6 is 0 Å². The van der Waals surface area contributed by atoms with E-state index in [0.29, 0.717) is 18.1 Å². The van der Waals surface area contributed by atoms with Crippen molar-refractivity contribution in [2.24, 2.45) is 16.2 Å². The molecule has 0 saturated carbocycles. The first-order valence-electron chi connectivity index (χ1n) is 10.8. The summed E-state index contributed by atoms with van der Waals surface area (Å²) in [6, 6.07) is 11.5. The summed E-state index contributed by atoms with van der Waals surface area (Å²) in [7, 11) is 0. The van der Waals surface area contributed by atoms with Crippen LogP contribution in [-0.4, -0.2) is 18.9 Å². The normalized spacial score (nSPS) is 15.5. The van der Waals surface area contributed by atoms with E-state index >= 15 is 0 Å². The van der Waals surface area contributed by atoms with Gasteiger partial charge in [-0.15, -0.1) is 0 Å². The second kappa shape index (κ2) is 8.97. The third-order valence-electron chi connectivity index (χ3n) is 5.73. The van der Waals surface area contributed by atoms with Crippen molar-refractivity contribution in [2.45, 2.75) is 75.0 Å². The zero-order valence-corrected chi connectivity index (χ0v) is 20.1. The summed E-state index contributed by atoms with van der Waals surface area (Å²) >= 11 is 0. The van der Waals surface area contributed by atoms with Gasteiger partial charge >= 0.3 is 5.97 Å². The lowest BCUT2D eigenvalue weighted by atomic mass is 9.61. The highest BCUT2D eigenvalue weighted by Crippen LogP contribution is 2.48. The number of benzene rings is 2. The lowest BCUT2D eigenvalue weighted by Crippen LogP contribution is -2.45. The minimum Gasteiger partial charge on any atom is -0.465 e. The first-order chi connectivity index (χ1) is 13.8. The highest BCUT2D eigenvalue weighted by molar-refractivity contribution is 5.95. The zero-order chi connectivity index (χ0) is 22.7. The molecule has 0 amide bonds. The SMILES string of the molecule is CCOC(C)Oc1cccc2c(OC(=O)C(C)(CC(C)(C)C)C(C)(C)C)cccc12. The summed E-state index contributed by atoms with van der Waals surface area (Å²) in [5, 5.41) is 1.74. The van der Waals surface area contributed by atoms with E-state index in [-0.39, 0.29) is 23.1 Å². The molecule has 2 atom stereocenters. The van der Waals surface area contributed by atoms with E-state index in [2.05, 4.69) is 41.5 Å². The number of ether oxygens (including phenoxy) is 3. The molecular formula is C26H38O4. The maximum Gasteiger partial charge on any atom is 0.317 e. The van der Waals surface area contributed by atoms with Crippen LogP contribution in [0.1, 0.15) is 68.7 Å². The maximum absolute atomic E-state index is 13.5. The second-order valence-electron chi connectivity index (χ2n) is 10.5. The Hall–Kier alpha value is -2.07. The van der Waals surface area contributed by atoms with Gasteiger partial charge in [0.1, 0.15) is 11.5 Å². The van der Waals surface area contributed by atoms with Crippen LogP contribution in [0, 0.1) is 16.2 Å². The van der Waals surface area contributed by atoms with Crippen LogP contribution in [0.3, 0.4) is 0 Å². The van der Waals surface area contributed by atoms with Gasteiger partial charge in [-0.3, -0.25) is 4.79 Å². The molecule has 0 radical (unpaired) electrons. The molecule has 0 spiro atoms. The molecule has 4 heteroatoms. The Morgan fingerprint density at radius 1 is 0.900 bits per heavy atom. The van der Waals surface area contributed by atoms with Crippen molar-refractivity contribution >= 4 is 16.7 Å². The van der Waals surface area contributed by atoms with Crippen molar-refractivity contribution in [2.75, 3.05) is 6.61 Å². The van der Waals surface area contributed by atoms with Crippen molar-refractivity contribution in [1.29, 1.82) is 0 Å². The molecule has 0 fully saturated rings. The van der Waals surface area contributed by atoms with Crippen LogP contribution in [0.5, 0.6) is 11.5 Å². The molecule has 30 heavy (non-hydrogen) atoms. The van der Waals surface area contributed by atoms with Gasteiger partial charge in [-0.2, -0.15) is 0 Å². The van der Waals surface area contributed by atoms with Gasteiger partial charge in [0.25, 0.3) is 0 Å². The fraction of sp³-hybridized carbons (Fsp3) is 0.577. The highest BCUT2D eigenvalue weighted by atomic mass is 16.7. The third kappa shape index (κ3) is 5.54. The summed E-state index contributed by atoms with van der Waals surface area (Å²) < 4.78 is 17.5. The molecule has 2 aromatic rings. The van der Waals surface area contributed by atoms with Crippen molar-refractivity contribution in [3.8, 4) is 11.5 Å². The summed E-state index contributed by atoms with van der Waals surface area (Å²) in [5.74, 6) is 1.06. The molecule has 0 bridgehead atoms. The summed E-state index contributed by atoms with van der Waals surface area (Å²) in [6.45, 7) is 19.2. The molecule has 0 aliphatic heterocycles. The van der Waals surface area contributed by atoms with E-state index in [1.54, 1.807) is 0 Å². The van der Waals surface area contributed by atoms with E-state index in [1.807, 2.05) is 57.2 Å². The molecule has 0 N–H and O–H groups in total. The van der Waals surface area contributed by atoms with E-state index in [0.717, 1.165) is 17.2 Å². The number of carbonyl (C=O) groups excluding carboxylic acids is 1. The monoisotopic (exact) mass is 414 g/mol. The Bertz CT molecular complexity index is 873. The molecule has 0 heterocycles. The maximum atomic E-state index is 13.5. The molecule has 4 nitrogen and oxygen atoms in total. The van der Waals surface area contributed by atoms with Crippen molar-refractivity contribution in [3.63, 3.8) is 0 Å². The standard InChI is InChI=1S/C26H38O4/c1-10-28-18(2)29-21-15-11-14-20-19(21)13-12-16-22(20)30-23(27)26(9,25(6,7)8)17-24(3,4)5/h11-16,18H,10,17H2,1-9H3. The number of rotatable bonds is 7. The molecule has 2 unspecified atom stereocenters. The topological polar surface area (TPSA) is 44.8 Å². The minimum absolute atomic E-state index is 0.00374. The van der Waals surface area contributed by atoms with Crippen LogP contribution in [0.2, 0.25) is 0 Å². The molecule has 2 rings (SSSR count). The molecule has 0 saturated heterocycles. The van der Waals surface area contributed by atoms with Crippen LogP contribution in [0.15, 0.2) is 36.4 Å². The van der Waals surface area contributed by atoms with Crippen LogP contribution in [0.4, 0.5) is 0 Å². The van der Waals surface area contributed by atoms with Gasteiger partial charge in [0.2, 0.25) is 0 Å². The predicted octanol–water partition coefficient (Wildman–Crippen LogP) is 7.00. The van der Waals surface area contributed by atoms with Gasteiger partial charge in [-0.1, -0.05) is 65.8 Å². The van der Waals surface area contributed by atoms with E-state index in [4.69, 9.17) is 14.2 Å². The second-order valence-corrected chi connectivity index (χ2v) is 10.5. The predicted molar refractivity (Wildman–Crippen MR) is 123 cm³/mol. The average Bonchev–Trinajstić information content (AvgIpc) is 2.60. The minimum atomic E-state index is -0.634. The van der Waals surface area contributed by atoms with Crippen LogP contribution in [0.25, 0.3) is 10.8 Å². The highest BCUT2D eigenvalue weighted by Gasteiger charge is 2.48. The fourth-order valence-electron chi connectivity index (χ4n) is 3.81. The quantitative estimate of drug-likeness (QED) is 0.278. The van der Waals surface area contributed by atoms with Gasteiger partial charge in [-0.25, -0.2) is 0 Å². The largest absolute Gasteiger partial charge is 0.465 e. The Kier molecular flexibility index (Phi) is 7.24. The summed E-state index contributed by atoms with van der Waals surface area (Å²) in [5.41, 5.74) is -0.885. The molecule has 0 aliphatic carbocycles. The smallest absolute Gasteiger partial charge is 0.317 e. The molecule has 166 valence electrons. The number of hydrogen-bond donors (Lipinski definition) is 0. The number of esters is 1. The van der Waals surface area contributed by atoms with Crippen molar-refractivity contribution in [1.82, 2.24) is 0 Å². The molecule has 0 aliphatic rings. The number of hydrogen-bond acceptors (Lipinski definition) is 4.